The molecule has 0 spiro atoms. The molecule has 0 unspecified atom stereocenters. The Morgan fingerprint density at radius 1 is 1.43 bits per heavy atom. The van der Waals surface area contributed by atoms with E-state index in [9.17, 15) is 0 Å². The number of ether oxygens (including phenoxy) is 1. The Labute approximate surface area is 87.9 Å². The molecule has 0 aromatic rings. The lowest BCUT2D eigenvalue weighted by Gasteiger charge is -2.25. The van der Waals surface area contributed by atoms with Crippen molar-refractivity contribution in [1.29, 1.82) is 0 Å². The van der Waals surface area contributed by atoms with E-state index in [-0.39, 0.29) is 5.54 Å². The van der Waals surface area contributed by atoms with Crippen molar-refractivity contribution in [2.24, 2.45) is 5.73 Å². The summed E-state index contributed by atoms with van der Waals surface area (Å²) in [6.45, 7) is 11.4. The van der Waals surface area contributed by atoms with Crippen molar-refractivity contribution in [3.63, 3.8) is 0 Å². The molecular weight excluding hydrogens is 176 g/mol. The number of hydrogen-bond acceptors (Lipinski definition) is 3. The zero-order valence-corrected chi connectivity index (χ0v) is 9.75. The molecule has 0 aliphatic rings. The average molecular weight is 200 g/mol. The summed E-state index contributed by atoms with van der Waals surface area (Å²) in [6.07, 6.45) is 2.91. The molecule has 0 bridgehead atoms. The molecular formula is C11H24N2O. The Kier molecular flexibility index (Phi) is 6.79. The van der Waals surface area contributed by atoms with Gasteiger partial charge in [0.05, 0.1) is 6.61 Å². The van der Waals surface area contributed by atoms with Crippen LogP contribution in [-0.4, -0.2) is 43.8 Å². The van der Waals surface area contributed by atoms with E-state index in [4.69, 9.17) is 10.5 Å². The van der Waals surface area contributed by atoms with E-state index in [2.05, 4.69) is 25.3 Å². The largest absolute Gasteiger partial charge is 0.383 e. The van der Waals surface area contributed by atoms with Crippen molar-refractivity contribution in [3.8, 4) is 0 Å². The minimum atomic E-state index is -0.0908. The van der Waals surface area contributed by atoms with E-state index in [0.717, 1.165) is 32.7 Å². The molecule has 0 radical (unpaired) electrons. The van der Waals surface area contributed by atoms with Crippen LogP contribution >= 0.6 is 0 Å². The molecule has 0 saturated carbocycles. The van der Waals surface area contributed by atoms with Crippen LogP contribution in [0.25, 0.3) is 0 Å². The quantitative estimate of drug-likeness (QED) is 0.599. The van der Waals surface area contributed by atoms with Crippen molar-refractivity contribution in [3.05, 3.63) is 12.7 Å². The fourth-order valence-corrected chi connectivity index (χ4v) is 1.14. The fraction of sp³-hybridized carbons (Fsp3) is 0.818. The molecule has 3 heteroatoms. The van der Waals surface area contributed by atoms with Crippen LogP contribution in [0.15, 0.2) is 12.7 Å². The Morgan fingerprint density at radius 2 is 2.07 bits per heavy atom. The number of nitrogens with two attached hydrogens (primary N) is 1. The standard InChI is InChI=1S/C11H24N2O/c1-5-7-13(9-10-14-4)8-6-11(2,3)12/h5H,1,6-10,12H2,2-4H3. The van der Waals surface area contributed by atoms with Gasteiger partial charge in [-0.05, 0) is 20.3 Å². The number of nitrogens with zero attached hydrogens (tertiary/aromatic N) is 1. The first-order valence-electron chi connectivity index (χ1n) is 5.10. The van der Waals surface area contributed by atoms with Gasteiger partial charge in [-0.25, -0.2) is 0 Å². The molecule has 0 aromatic heterocycles. The first kappa shape index (κ1) is 13.6. The highest BCUT2D eigenvalue weighted by Crippen LogP contribution is 2.05. The summed E-state index contributed by atoms with van der Waals surface area (Å²) in [5.74, 6) is 0. The maximum absolute atomic E-state index is 5.92. The van der Waals surface area contributed by atoms with E-state index in [1.54, 1.807) is 7.11 Å². The first-order valence-corrected chi connectivity index (χ1v) is 5.10. The summed E-state index contributed by atoms with van der Waals surface area (Å²) in [6, 6.07) is 0. The van der Waals surface area contributed by atoms with Gasteiger partial charge in [-0.1, -0.05) is 6.08 Å². The maximum Gasteiger partial charge on any atom is 0.0589 e. The second kappa shape index (κ2) is 6.98. The Bertz CT molecular complexity index is 152. The van der Waals surface area contributed by atoms with E-state index < -0.39 is 0 Å². The minimum Gasteiger partial charge on any atom is -0.383 e. The molecule has 84 valence electrons. The zero-order chi connectivity index (χ0) is 11.0. The van der Waals surface area contributed by atoms with Gasteiger partial charge in [0.15, 0.2) is 0 Å². The molecule has 0 fully saturated rings. The Morgan fingerprint density at radius 3 is 2.50 bits per heavy atom. The summed E-state index contributed by atoms with van der Waals surface area (Å²) in [5, 5.41) is 0. The van der Waals surface area contributed by atoms with E-state index in [1.165, 1.54) is 0 Å². The molecule has 0 amide bonds. The van der Waals surface area contributed by atoms with E-state index in [0.29, 0.717) is 0 Å². The van der Waals surface area contributed by atoms with Crippen LogP contribution in [0, 0.1) is 0 Å². The van der Waals surface area contributed by atoms with Crippen LogP contribution in [0.2, 0.25) is 0 Å². The summed E-state index contributed by atoms with van der Waals surface area (Å²) >= 11 is 0. The van der Waals surface area contributed by atoms with Gasteiger partial charge < -0.3 is 10.5 Å². The molecule has 0 rings (SSSR count). The normalized spacial score (nSPS) is 12.1. The van der Waals surface area contributed by atoms with Gasteiger partial charge in [0.2, 0.25) is 0 Å². The second-order valence-electron chi connectivity index (χ2n) is 4.32. The number of methoxy groups -OCH3 is 1. The lowest BCUT2D eigenvalue weighted by Crippen LogP contribution is -2.38. The summed E-state index contributed by atoms with van der Waals surface area (Å²) in [4.78, 5) is 2.30. The zero-order valence-electron chi connectivity index (χ0n) is 9.75. The molecule has 3 nitrogen and oxygen atoms in total. The lowest BCUT2D eigenvalue weighted by molar-refractivity contribution is 0.150. The van der Waals surface area contributed by atoms with Gasteiger partial charge in [0.25, 0.3) is 0 Å². The molecule has 2 N–H and O–H groups in total. The molecule has 0 aromatic carbocycles. The summed E-state index contributed by atoms with van der Waals surface area (Å²) in [5.41, 5.74) is 5.83. The highest BCUT2D eigenvalue weighted by molar-refractivity contribution is 4.78. The summed E-state index contributed by atoms with van der Waals surface area (Å²) in [7, 11) is 1.72. The Hall–Kier alpha value is -0.380. The van der Waals surface area contributed by atoms with Gasteiger partial charge in [-0.15, -0.1) is 6.58 Å². The fourth-order valence-electron chi connectivity index (χ4n) is 1.14. The third-order valence-corrected chi connectivity index (χ3v) is 2.07. The van der Waals surface area contributed by atoms with Gasteiger partial charge in [-0.3, -0.25) is 4.90 Å². The molecule has 14 heavy (non-hydrogen) atoms. The maximum atomic E-state index is 5.92. The van der Waals surface area contributed by atoms with Crippen molar-refractivity contribution in [1.82, 2.24) is 4.90 Å². The van der Waals surface area contributed by atoms with Gasteiger partial charge in [-0.2, -0.15) is 0 Å². The molecule has 0 aliphatic carbocycles. The van der Waals surface area contributed by atoms with Crippen molar-refractivity contribution in [2.45, 2.75) is 25.8 Å². The lowest BCUT2D eigenvalue weighted by atomic mass is 10.0. The van der Waals surface area contributed by atoms with Gasteiger partial charge in [0, 0.05) is 32.3 Å². The van der Waals surface area contributed by atoms with Crippen molar-refractivity contribution < 1.29 is 4.74 Å². The van der Waals surface area contributed by atoms with Crippen LogP contribution < -0.4 is 5.73 Å². The topological polar surface area (TPSA) is 38.5 Å². The average Bonchev–Trinajstić information content (AvgIpc) is 2.08. The van der Waals surface area contributed by atoms with E-state index >= 15 is 0 Å². The van der Waals surface area contributed by atoms with Crippen LogP contribution in [0.3, 0.4) is 0 Å². The predicted octanol–water partition coefficient (Wildman–Crippen LogP) is 1.25. The van der Waals surface area contributed by atoms with Crippen molar-refractivity contribution >= 4 is 0 Å². The van der Waals surface area contributed by atoms with E-state index in [1.807, 2.05) is 6.08 Å². The predicted molar refractivity (Wildman–Crippen MR) is 61.4 cm³/mol. The molecule has 0 aliphatic heterocycles. The van der Waals surface area contributed by atoms with Crippen LogP contribution in [0.4, 0.5) is 0 Å². The van der Waals surface area contributed by atoms with Gasteiger partial charge in [0.1, 0.15) is 0 Å². The van der Waals surface area contributed by atoms with Crippen LogP contribution in [-0.2, 0) is 4.74 Å². The molecule has 0 atom stereocenters. The monoisotopic (exact) mass is 200 g/mol. The van der Waals surface area contributed by atoms with Gasteiger partial charge >= 0.3 is 0 Å². The SMILES string of the molecule is C=CCN(CCOC)CCC(C)(C)N. The third kappa shape index (κ3) is 8.23. The highest BCUT2D eigenvalue weighted by Gasteiger charge is 2.12. The molecule has 0 heterocycles. The Balaban J connectivity index is 3.77. The first-order chi connectivity index (χ1) is 6.49. The highest BCUT2D eigenvalue weighted by atomic mass is 16.5. The van der Waals surface area contributed by atoms with Crippen LogP contribution in [0.1, 0.15) is 20.3 Å². The summed E-state index contributed by atoms with van der Waals surface area (Å²) < 4.78 is 5.04. The smallest absolute Gasteiger partial charge is 0.0589 e. The van der Waals surface area contributed by atoms with Crippen LogP contribution in [0.5, 0.6) is 0 Å². The minimum absolute atomic E-state index is 0.0908. The number of rotatable bonds is 8. The van der Waals surface area contributed by atoms with Crippen molar-refractivity contribution in [2.75, 3.05) is 33.4 Å². The molecule has 0 saturated heterocycles. The second-order valence-corrected chi connectivity index (χ2v) is 4.32. The number of hydrogen-bond donors (Lipinski definition) is 1. The third-order valence-electron chi connectivity index (χ3n) is 2.07.